The highest BCUT2D eigenvalue weighted by atomic mass is 16.7. The van der Waals surface area contributed by atoms with E-state index < -0.39 is 24.4 Å². The number of carbonyl (C=O) groups is 3. The molecule has 0 unspecified atom stereocenters. The number of phenolic OH excluding ortho intramolecular Hbond substituents is 1. The van der Waals surface area contributed by atoms with Gasteiger partial charge in [0.15, 0.2) is 12.3 Å². The van der Waals surface area contributed by atoms with Gasteiger partial charge in [0.05, 0.1) is 6.54 Å². The molecule has 0 saturated carbocycles. The number of carbonyl (C=O) groups excluding carboxylic acids is 3. The van der Waals surface area contributed by atoms with Gasteiger partial charge in [-0.25, -0.2) is 4.79 Å². The van der Waals surface area contributed by atoms with Gasteiger partial charge in [-0.1, -0.05) is 56.3 Å². The molecule has 5 rings (SSSR count). The molecule has 3 aliphatic rings. The minimum absolute atomic E-state index is 0.0103. The number of amides is 3. The number of fused-ring (bicyclic) bond motifs is 1. The van der Waals surface area contributed by atoms with Crippen molar-refractivity contribution in [3.05, 3.63) is 65.7 Å². The van der Waals surface area contributed by atoms with Crippen LogP contribution in [0.4, 0.5) is 4.79 Å². The number of nitrogens with zero attached hydrogens (tertiary/aromatic N) is 3. The van der Waals surface area contributed by atoms with E-state index in [1.807, 2.05) is 49.1 Å². The number of piperidine rings is 1. The quantitative estimate of drug-likeness (QED) is 0.545. The zero-order chi connectivity index (χ0) is 28.2. The Morgan fingerprint density at radius 3 is 2.40 bits per heavy atom. The van der Waals surface area contributed by atoms with E-state index >= 15 is 0 Å². The molecule has 0 aliphatic carbocycles. The number of aromatic hydroxyl groups is 1. The van der Waals surface area contributed by atoms with Crippen LogP contribution in [0.1, 0.15) is 44.2 Å². The Labute approximate surface area is 234 Å². The standard InChI is InChI=1S/C30H38N4O6/c1-20(2)16-26-29(37)33-25(17-21-8-10-24(35)11-9-21)28(36)32(23-12-14-31-15-13-23)18-27(33)34(40-26)30(38)39-19-22-6-4-3-5-7-22/h3-11,20,23,25-27,31,35H,12-19H2,1-2H3/t25-,26+,27-/m0/s1. The maximum atomic E-state index is 14.1. The maximum absolute atomic E-state index is 14.1. The lowest BCUT2D eigenvalue weighted by molar-refractivity contribution is -0.270. The molecule has 0 radical (unpaired) electrons. The van der Waals surface area contributed by atoms with Crippen LogP contribution in [0.3, 0.4) is 0 Å². The highest BCUT2D eigenvalue weighted by Crippen LogP contribution is 2.33. The second kappa shape index (κ2) is 12.3. The molecule has 2 aromatic carbocycles. The highest BCUT2D eigenvalue weighted by molar-refractivity contribution is 5.92. The number of benzene rings is 2. The van der Waals surface area contributed by atoms with E-state index in [-0.39, 0.29) is 49.1 Å². The number of hydroxylamine groups is 2. The molecule has 2 aromatic rings. The smallest absolute Gasteiger partial charge is 0.436 e. The van der Waals surface area contributed by atoms with Gasteiger partial charge in [-0.3, -0.25) is 14.4 Å². The fraction of sp³-hybridized carbons (Fsp3) is 0.500. The first-order chi connectivity index (χ1) is 19.3. The van der Waals surface area contributed by atoms with E-state index in [0.717, 1.165) is 37.1 Å². The normalized spacial score (nSPS) is 23.9. The monoisotopic (exact) mass is 550 g/mol. The summed E-state index contributed by atoms with van der Waals surface area (Å²) in [6, 6.07) is 15.2. The molecule has 10 nitrogen and oxygen atoms in total. The average molecular weight is 551 g/mol. The summed E-state index contributed by atoms with van der Waals surface area (Å²) in [6.45, 7) is 5.75. The van der Waals surface area contributed by atoms with E-state index in [1.54, 1.807) is 29.2 Å². The van der Waals surface area contributed by atoms with Crippen molar-refractivity contribution >= 4 is 17.9 Å². The number of hydrogen-bond acceptors (Lipinski definition) is 7. The number of piperazine rings is 1. The van der Waals surface area contributed by atoms with Crippen molar-refractivity contribution in [2.24, 2.45) is 5.92 Å². The van der Waals surface area contributed by atoms with Gasteiger partial charge in [-0.2, -0.15) is 5.06 Å². The fourth-order valence-corrected chi connectivity index (χ4v) is 5.79. The molecule has 0 aromatic heterocycles. The van der Waals surface area contributed by atoms with Crippen molar-refractivity contribution in [1.82, 2.24) is 20.2 Å². The summed E-state index contributed by atoms with van der Waals surface area (Å²) in [7, 11) is 0. The molecular weight excluding hydrogens is 512 g/mol. The SMILES string of the molecule is CC(C)C[C@H]1ON(C(=O)OCc2ccccc2)[C@H]2CN(C3CCNCC3)C(=O)[C@H](Cc3ccc(O)cc3)N2C1=O. The van der Waals surface area contributed by atoms with Gasteiger partial charge in [0.25, 0.3) is 5.91 Å². The molecule has 2 N–H and O–H groups in total. The Kier molecular flexibility index (Phi) is 8.56. The number of rotatable bonds is 7. The minimum atomic E-state index is -0.916. The molecule has 40 heavy (non-hydrogen) atoms. The molecule has 3 heterocycles. The summed E-state index contributed by atoms with van der Waals surface area (Å²) in [6.07, 6.45) is -0.216. The first-order valence-corrected chi connectivity index (χ1v) is 14.1. The Balaban J connectivity index is 1.48. The molecule has 214 valence electrons. The predicted octanol–water partition coefficient (Wildman–Crippen LogP) is 3.05. The van der Waals surface area contributed by atoms with Crippen molar-refractivity contribution < 1.29 is 29.1 Å². The van der Waals surface area contributed by atoms with Crippen LogP contribution >= 0.6 is 0 Å². The average Bonchev–Trinajstić information content (AvgIpc) is 2.96. The van der Waals surface area contributed by atoms with Gasteiger partial charge in [0, 0.05) is 12.5 Å². The zero-order valence-electron chi connectivity index (χ0n) is 23.1. The fourth-order valence-electron chi connectivity index (χ4n) is 5.79. The topological polar surface area (TPSA) is 112 Å². The summed E-state index contributed by atoms with van der Waals surface area (Å²) in [5, 5.41) is 14.3. The van der Waals surface area contributed by atoms with Crippen LogP contribution in [0.15, 0.2) is 54.6 Å². The summed E-state index contributed by atoms with van der Waals surface area (Å²) in [5.74, 6) is -0.185. The van der Waals surface area contributed by atoms with Crippen molar-refractivity contribution in [3.8, 4) is 5.75 Å². The lowest BCUT2D eigenvalue weighted by atomic mass is 9.94. The van der Waals surface area contributed by atoms with Gasteiger partial charge < -0.3 is 25.0 Å². The van der Waals surface area contributed by atoms with Crippen molar-refractivity contribution in [1.29, 1.82) is 0 Å². The highest BCUT2D eigenvalue weighted by Gasteiger charge is 2.54. The van der Waals surface area contributed by atoms with Gasteiger partial charge in [-0.15, -0.1) is 0 Å². The Morgan fingerprint density at radius 2 is 1.73 bits per heavy atom. The third-order valence-corrected chi connectivity index (χ3v) is 7.81. The second-order valence-corrected chi connectivity index (χ2v) is 11.2. The van der Waals surface area contributed by atoms with Crippen molar-refractivity contribution in [3.63, 3.8) is 0 Å². The van der Waals surface area contributed by atoms with Crippen molar-refractivity contribution in [2.45, 2.75) is 70.5 Å². The maximum Gasteiger partial charge on any atom is 0.436 e. The number of nitrogens with one attached hydrogen (secondary N) is 1. The van der Waals surface area contributed by atoms with E-state index in [9.17, 15) is 19.5 Å². The van der Waals surface area contributed by atoms with Crippen molar-refractivity contribution in [2.75, 3.05) is 19.6 Å². The summed E-state index contributed by atoms with van der Waals surface area (Å²) in [4.78, 5) is 51.0. The predicted molar refractivity (Wildman–Crippen MR) is 147 cm³/mol. The molecule has 3 aliphatic heterocycles. The van der Waals surface area contributed by atoms with E-state index in [4.69, 9.17) is 9.57 Å². The van der Waals surface area contributed by atoms with Crippen LogP contribution in [0.5, 0.6) is 5.75 Å². The second-order valence-electron chi connectivity index (χ2n) is 11.2. The van der Waals surface area contributed by atoms with Crippen LogP contribution in [0.25, 0.3) is 0 Å². The van der Waals surface area contributed by atoms with Gasteiger partial charge in [-0.05, 0) is 61.5 Å². The zero-order valence-corrected chi connectivity index (χ0v) is 23.1. The van der Waals surface area contributed by atoms with Crippen LogP contribution < -0.4 is 5.32 Å². The molecule has 3 atom stereocenters. The molecule has 3 amide bonds. The lowest BCUT2D eigenvalue weighted by Crippen LogP contribution is -2.75. The van der Waals surface area contributed by atoms with Crippen LogP contribution in [-0.2, 0) is 32.2 Å². The summed E-state index contributed by atoms with van der Waals surface area (Å²) in [5.41, 5.74) is 1.64. The number of hydrogen-bond donors (Lipinski definition) is 2. The first-order valence-electron chi connectivity index (χ1n) is 14.1. The van der Waals surface area contributed by atoms with Gasteiger partial charge >= 0.3 is 6.09 Å². The van der Waals surface area contributed by atoms with Crippen LogP contribution in [-0.4, -0.2) is 81.9 Å². The molecule has 3 saturated heterocycles. The lowest BCUT2D eigenvalue weighted by Gasteiger charge is -2.54. The molecule has 10 heteroatoms. The van der Waals surface area contributed by atoms with Gasteiger partial charge in [0.2, 0.25) is 5.91 Å². The third kappa shape index (κ3) is 6.08. The van der Waals surface area contributed by atoms with E-state index in [0.29, 0.717) is 6.42 Å². The third-order valence-electron chi connectivity index (χ3n) is 7.81. The molecular formula is C30H38N4O6. The summed E-state index contributed by atoms with van der Waals surface area (Å²) < 4.78 is 5.66. The molecule has 3 fully saturated rings. The number of ether oxygens (including phenoxy) is 1. The minimum Gasteiger partial charge on any atom is -0.508 e. The Bertz CT molecular complexity index is 1180. The Morgan fingerprint density at radius 1 is 1.02 bits per heavy atom. The largest absolute Gasteiger partial charge is 0.508 e. The molecule has 0 bridgehead atoms. The Hall–Kier alpha value is -3.63. The van der Waals surface area contributed by atoms with Gasteiger partial charge in [0.1, 0.15) is 18.4 Å². The van der Waals surface area contributed by atoms with E-state index in [1.165, 1.54) is 5.06 Å². The first kappa shape index (κ1) is 27.9. The van der Waals surface area contributed by atoms with Crippen LogP contribution in [0.2, 0.25) is 0 Å². The molecule has 0 spiro atoms. The van der Waals surface area contributed by atoms with E-state index in [2.05, 4.69) is 5.32 Å². The summed E-state index contributed by atoms with van der Waals surface area (Å²) >= 11 is 0. The van der Waals surface area contributed by atoms with Crippen LogP contribution in [0, 0.1) is 5.92 Å². The number of phenols is 1.